The molecule has 0 saturated carbocycles. The molecule has 2 N–H and O–H groups in total. The van der Waals surface area contributed by atoms with Crippen LogP contribution in [0.4, 0.5) is 17.1 Å². The molecule has 0 unspecified atom stereocenters. The van der Waals surface area contributed by atoms with E-state index in [1.807, 2.05) is 49.4 Å². The molecule has 0 spiro atoms. The molecule has 1 heterocycles. The van der Waals surface area contributed by atoms with Crippen molar-refractivity contribution in [3.63, 3.8) is 0 Å². The maximum Gasteiger partial charge on any atom is 0.224 e. The van der Waals surface area contributed by atoms with Crippen LogP contribution in [0.5, 0.6) is 11.5 Å². The predicted octanol–water partition coefficient (Wildman–Crippen LogP) is 3.94. The Morgan fingerprint density at radius 3 is 2.35 bits per heavy atom. The van der Waals surface area contributed by atoms with E-state index in [9.17, 15) is 4.79 Å². The number of benzene rings is 2. The SMILES string of the molecule is CCCC(=O)Nc1ccc(Nc2ccc3c(c2)OCCO3)cc1. The van der Waals surface area contributed by atoms with Crippen LogP contribution in [0.25, 0.3) is 0 Å². The fraction of sp³-hybridized carbons (Fsp3) is 0.278. The van der Waals surface area contributed by atoms with Gasteiger partial charge in [-0.2, -0.15) is 0 Å². The van der Waals surface area contributed by atoms with E-state index in [2.05, 4.69) is 10.6 Å². The summed E-state index contributed by atoms with van der Waals surface area (Å²) in [6.07, 6.45) is 1.38. The molecule has 1 aliphatic rings. The monoisotopic (exact) mass is 312 g/mol. The van der Waals surface area contributed by atoms with Crippen molar-refractivity contribution in [1.82, 2.24) is 0 Å². The third-order valence-corrected chi connectivity index (χ3v) is 3.48. The number of amides is 1. The molecule has 0 aliphatic carbocycles. The second-order valence-electron chi connectivity index (χ2n) is 5.36. The summed E-state index contributed by atoms with van der Waals surface area (Å²) in [6.45, 7) is 3.15. The van der Waals surface area contributed by atoms with Crippen LogP contribution in [0.15, 0.2) is 42.5 Å². The van der Waals surface area contributed by atoms with E-state index < -0.39 is 0 Å². The zero-order chi connectivity index (χ0) is 16.1. The molecule has 0 atom stereocenters. The maximum atomic E-state index is 11.6. The van der Waals surface area contributed by atoms with Crippen LogP contribution in [-0.4, -0.2) is 19.1 Å². The molecule has 2 aromatic rings. The molecule has 2 aromatic carbocycles. The normalized spacial score (nSPS) is 12.6. The topological polar surface area (TPSA) is 59.6 Å². The number of nitrogens with one attached hydrogen (secondary N) is 2. The van der Waals surface area contributed by atoms with Crippen LogP contribution in [0.1, 0.15) is 19.8 Å². The first kappa shape index (κ1) is 15.2. The first-order chi connectivity index (χ1) is 11.2. The summed E-state index contributed by atoms with van der Waals surface area (Å²) >= 11 is 0. The van der Waals surface area contributed by atoms with Gasteiger partial charge < -0.3 is 20.1 Å². The van der Waals surface area contributed by atoms with E-state index in [0.29, 0.717) is 19.6 Å². The van der Waals surface area contributed by atoms with Gasteiger partial charge in [0.1, 0.15) is 13.2 Å². The van der Waals surface area contributed by atoms with Gasteiger partial charge in [-0.1, -0.05) is 6.92 Å². The number of ether oxygens (including phenoxy) is 2. The number of hydrogen-bond donors (Lipinski definition) is 2. The third kappa shape index (κ3) is 3.94. The molecule has 0 aromatic heterocycles. The second-order valence-corrected chi connectivity index (χ2v) is 5.36. The van der Waals surface area contributed by atoms with Crippen molar-refractivity contribution in [2.75, 3.05) is 23.8 Å². The molecule has 3 rings (SSSR count). The molecule has 5 heteroatoms. The summed E-state index contributed by atoms with van der Waals surface area (Å²) in [6, 6.07) is 13.4. The molecular formula is C18H20N2O3. The average molecular weight is 312 g/mol. The lowest BCUT2D eigenvalue weighted by Crippen LogP contribution is -2.15. The smallest absolute Gasteiger partial charge is 0.224 e. The van der Waals surface area contributed by atoms with Crippen molar-refractivity contribution < 1.29 is 14.3 Å². The van der Waals surface area contributed by atoms with E-state index in [-0.39, 0.29) is 5.91 Å². The van der Waals surface area contributed by atoms with Crippen molar-refractivity contribution in [1.29, 1.82) is 0 Å². The molecular weight excluding hydrogens is 292 g/mol. The summed E-state index contributed by atoms with van der Waals surface area (Å²) in [4.78, 5) is 11.6. The minimum absolute atomic E-state index is 0.0417. The van der Waals surface area contributed by atoms with Crippen molar-refractivity contribution >= 4 is 23.0 Å². The van der Waals surface area contributed by atoms with Crippen LogP contribution in [0.2, 0.25) is 0 Å². The van der Waals surface area contributed by atoms with Crippen LogP contribution >= 0.6 is 0 Å². The highest BCUT2D eigenvalue weighted by atomic mass is 16.6. The Bertz CT molecular complexity index is 683. The minimum Gasteiger partial charge on any atom is -0.486 e. The Morgan fingerprint density at radius 2 is 1.61 bits per heavy atom. The molecule has 0 fully saturated rings. The summed E-state index contributed by atoms with van der Waals surface area (Å²) in [5.41, 5.74) is 2.67. The lowest BCUT2D eigenvalue weighted by Gasteiger charge is -2.19. The van der Waals surface area contributed by atoms with Crippen molar-refractivity contribution in [2.45, 2.75) is 19.8 Å². The second kappa shape index (κ2) is 7.05. The maximum absolute atomic E-state index is 11.6. The van der Waals surface area contributed by atoms with Gasteiger partial charge in [0.25, 0.3) is 0 Å². The highest BCUT2D eigenvalue weighted by Crippen LogP contribution is 2.33. The zero-order valence-corrected chi connectivity index (χ0v) is 13.1. The fourth-order valence-electron chi connectivity index (χ4n) is 2.38. The zero-order valence-electron chi connectivity index (χ0n) is 13.1. The Balaban J connectivity index is 1.65. The first-order valence-electron chi connectivity index (χ1n) is 7.81. The fourth-order valence-corrected chi connectivity index (χ4v) is 2.38. The van der Waals surface area contributed by atoms with Gasteiger partial charge >= 0.3 is 0 Å². The Hall–Kier alpha value is -2.69. The standard InChI is InChI=1S/C18H20N2O3/c1-2-3-18(21)20-14-6-4-13(5-7-14)19-15-8-9-16-17(12-15)23-11-10-22-16/h4-9,12,19H,2-3,10-11H2,1H3,(H,20,21). The Kier molecular flexibility index (Phi) is 4.66. The van der Waals surface area contributed by atoms with E-state index in [1.165, 1.54) is 0 Å². The predicted molar refractivity (Wildman–Crippen MR) is 90.7 cm³/mol. The molecule has 5 nitrogen and oxygen atoms in total. The number of fused-ring (bicyclic) bond motifs is 1. The minimum atomic E-state index is 0.0417. The van der Waals surface area contributed by atoms with E-state index in [4.69, 9.17) is 9.47 Å². The summed E-state index contributed by atoms with van der Waals surface area (Å²) < 4.78 is 11.1. The number of rotatable bonds is 5. The summed E-state index contributed by atoms with van der Waals surface area (Å²) in [7, 11) is 0. The summed E-state index contributed by atoms with van der Waals surface area (Å²) in [5, 5.41) is 6.18. The lowest BCUT2D eigenvalue weighted by molar-refractivity contribution is -0.116. The van der Waals surface area contributed by atoms with Gasteiger partial charge in [0, 0.05) is 29.5 Å². The highest BCUT2D eigenvalue weighted by molar-refractivity contribution is 5.90. The van der Waals surface area contributed by atoms with Gasteiger partial charge in [-0.15, -0.1) is 0 Å². The van der Waals surface area contributed by atoms with Crippen LogP contribution in [0, 0.1) is 0 Å². The number of carbonyl (C=O) groups is 1. The number of carbonyl (C=O) groups excluding carboxylic acids is 1. The number of anilines is 3. The van der Waals surface area contributed by atoms with Gasteiger partial charge in [-0.3, -0.25) is 4.79 Å². The molecule has 0 saturated heterocycles. The average Bonchev–Trinajstić information content (AvgIpc) is 2.57. The van der Waals surface area contributed by atoms with Crippen LogP contribution in [-0.2, 0) is 4.79 Å². The van der Waals surface area contributed by atoms with Crippen molar-refractivity contribution in [2.24, 2.45) is 0 Å². The molecule has 23 heavy (non-hydrogen) atoms. The lowest BCUT2D eigenvalue weighted by atomic mass is 10.2. The molecule has 0 bridgehead atoms. The van der Waals surface area contributed by atoms with E-state index in [1.54, 1.807) is 0 Å². The van der Waals surface area contributed by atoms with E-state index in [0.717, 1.165) is 35.0 Å². The Morgan fingerprint density at radius 1 is 0.957 bits per heavy atom. The van der Waals surface area contributed by atoms with Crippen molar-refractivity contribution in [3.8, 4) is 11.5 Å². The van der Waals surface area contributed by atoms with Crippen molar-refractivity contribution in [3.05, 3.63) is 42.5 Å². The Labute approximate surface area is 135 Å². The third-order valence-electron chi connectivity index (χ3n) is 3.48. The first-order valence-corrected chi connectivity index (χ1v) is 7.81. The van der Waals surface area contributed by atoms with Gasteiger partial charge in [0.05, 0.1) is 0 Å². The van der Waals surface area contributed by atoms with Crippen LogP contribution in [0.3, 0.4) is 0 Å². The van der Waals surface area contributed by atoms with Crippen LogP contribution < -0.4 is 20.1 Å². The molecule has 0 radical (unpaired) electrons. The van der Waals surface area contributed by atoms with Gasteiger partial charge in [0.15, 0.2) is 11.5 Å². The summed E-state index contributed by atoms with van der Waals surface area (Å²) in [5.74, 6) is 1.57. The van der Waals surface area contributed by atoms with Gasteiger partial charge in [-0.05, 0) is 42.8 Å². The highest BCUT2D eigenvalue weighted by Gasteiger charge is 2.11. The quantitative estimate of drug-likeness (QED) is 0.878. The van der Waals surface area contributed by atoms with E-state index >= 15 is 0 Å². The number of hydrogen-bond acceptors (Lipinski definition) is 4. The largest absolute Gasteiger partial charge is 0.486 e. The van der Waals surface area contributed by atoms with Gasteiger partial charge in [0.2, 0.25) is 5.91 Å². The molecule has 120 valence electrons. The van der Waals surface area contributed by atoms with Gasteiger partial charge in [-0.25, -0.2) is 0 Å². The molecule has 1 aliphatic heterocycles. The molecule has 1 amide bonds.